The summed E-state index contributed by atoms with van der Waals surface area (Å²) >= 11 is 0. The van der Waals surface area contributed by atoms with Crippen LogP contribution in [0.15, 0.2) is 77.2 Å². The quantitative estimate of drug-likeness (QED) is 0.151. The molecule has 0 bridgehead atoms. The molecule has 8 heteroatoms. The highest BCUT2D eigenvalue weighted by Gasteiger charge is 2.45. The number of nitrogens with two attached hydrogens (primary N) is 3. The van der Waals surface area contributed by atoms with Crippen LogP contribution in [0.4, 0.5) is 5.69 Å². The van der Waals surface area contributed by atoms with Crippen LogP contribution in [0, 0.1) is 17.8 Å². The van der Waals surface area contributed by atoms with E-state index >= 15 is 0 Å². The molecule has 4 rings (SSSR count). The van der Waals surface area contributed by atoms with Gasteiger partial charge in [-0.1, -0.05) is 43.5 Å². The van der Waals surface area contributed by atoms with Crippen LogP contribution < -0.4 is 22.0 Å². The fourth-order valence-corrected chi connectivity index (χ4v) is 5.36. The molecule has 8 nitrogen and oxygen atoms in total. The molecule has 0 amide bonds. The summed E-state index contributed by atoms with van der Waals surface area (Å²) in [6.07, 6.45) is 9.94. The Morgan fingerprint density at radius 2 is 1.79 bits per heavy atom. The molecule has 2 aromatic carbocycles. The van der Waals surface area contributed by atoms with E-state index in [0.717, 1.165) is 23.1 Å². The summed E-state index contributed by atoms with van der Waals surface area (Å²) in [5.74, 6) is 5.83. The van der Waals surface area contributed by atoms with Gasteiger partial charge in [-0.25, -0.2) is 10.6 Å². The smallest absolute Gasteiger partial charge is 0.339 e. The summed E-state index contributed by atoms with van der Waals surface area (Å²) in [4.78, 5) is 16.7. The Bertz CT molecular complexity index is 1230. The first kappa shape index (κ1) is 27.3. The monoisotopic (exact) mass is 517 g/mol. The lowest BCUT2D eigenvalue weighted by Crippen LogP contribution is -2.25. The number of rotatable bonds is 10. The molecule has 0 saturated heterocycles. The highest BCUT2D eigenvalue weighted by molar-refractivity contribution is 6.21. The van der Waals surface area contributed by atoms with E-state index < -0.39 is 5.97 Å². The number of allylic oxidation sites excluding steroid dienone is 1. The summed E-state index contributed by atoms with van der Waals surface area (Å²) < 4.78 is 6.34. The van der Waals surface area contributed by atoms with Crippen molar-refractivity contribution in [3.8, 4) is 16.9 Å². The topological polar surface area (TPSA) is 140 Å². The number of carboxylic acid groups (broad SMARTS) is 1. The van der Waals surface area contributed by atoms with Crippen molar-refractivity contribution >= 4 is 17.4 Å². The van der Waals surface area contributed by atoms with Crippen molar-refractivity contribution in [3.63, 3.8) is 0 Å². The molecule has 3 atom stereocenters. The summed E-state index contributed by atoms with van der Waals surface area (Å²) in [6, 6.07) is 15.8. The van der Waals surface area contributed by atoms with Gasteiger partial charge >= 0.3 is 5.97 Å². The zero-order chi connectivity index (χ0) is 27.2. The van der Waals surface area contributed by atoms with Crippen LogP contribution in [0.3, 0.4) is 0 Å². The Balaban J connectivity index is 1.59. The van der Waals surface area contributed by atoms with Gasteiger partial charge in [0.05, 0.1) is 23.1 Å². The molecule has 7 N–H and O–H groups in total. The second kappa shape index (κ2) is 12.2. The third kappa shape index (κ3) is 6.75. The molecule has 2 unspecified atom stereocenters. The van der Waals surface area contributed by atoms with Gasteiger partial charge in [0, 0.05) is 37.0 Å². The van der Waals surface area contributed by atoms with Crippen LogP contribution in [0.5, 0.6) is 5.75 Å². The second-order valence-electron chi connectivity index (χ2n) is 10.4. The predicted octanol–water partition coefficient (Wildman–Crippen LogP) is 4.94. The Hall–Kier alpha value is -3.78. The molecule has 38 heavy (non-hydrogen) atoms. The van der Waals surface area contributed by atoms with Crippen LogP contribution >= 0.6 is 0 Å². The van der Waals surface area contributed by atoms with E-state index in [1.165, 1.54) is 37.1 Å². The highest BCUT2D eigenvalue weighted by Crippen LogP contribution is 2.45. The minimum Gasteiger partial charge on any atom is -0.490 e. The van der Waals surface area contributed by atoms with E-state index in [0.29, 0.717) is 29.4 Å². The predicted molar refractivity (Wildman–Crippen MR) is 151 cm³/mol. The fraction of sp³-hybridized carbons (Fsp3) is 0.400. The summed E-state index contributed by atoms with van der Waals surface area (Å²) in [5.41, 5.74) is 15.5. The van der Waals surface area contributed by atoms with E-state index in [1.54, 1.807) is 13.2 Å². The molecule has 202 valence electrons. The van der Waals surface area contributed by atoms with Crippen LogP contribution in [-0.4, -0.2) is 34.9 Å². The summed E-state index contributed by atoms with van der Waals surface area (Å²) in [5, 5.41) is 11.2. The number of hydrogen-bond donors (Lipinski definition) is 4. The van der Waals surface area contributed by atoms with E-state index in [2.05, 4.69) is 13.0 Å². The standard InChI is InChI=1S/C30H39N5O3/c1-19(20-8-4-3-5-9-20)38-24-13-7-11-22(15-24)21-10-6-12-23(14-21)34-29(27(17-31)30(36)37)26-16-25(26)28(32)18-35(2)33/h6-7,10-15,17-20,25-26H,3-5,8-9,16,31-33H2,1-2H3,(H,36,37)/b27-17?,28-18-,34-29?/t19?,25?,26-/m1/s1. The van der Waals surface area contributed by atoms with Crippen molar-refractivity contribution in [1.29, 1.82) is 0 Å². The first-order chi connectivity index (χ1) is 18.3. The maximum absolute atomic E-state index is 12.0. The maximum atomic E-state index is 12.0. The van der Waals surface area contributed by atoms with Gasteiger partial charge in [0.15, 0.2) is 0 Å². The van der Waals surface area contributed by atoms with Gasteiger partial charge in [0.25, 0.3) is 0 Å². The average Bonchev–Trinajstić information content (AvgIpc) is 3.70. The number of aliphatic imine (C=N–C) groups is 1. The SMILES string of the molecule is CC(Oc1cccc(-c2cccc(N=C(C(=CN)C(=O)O)[C@@H]3CC3/C(N)=C/N(C)N)c2)c1)C1CCCCC1. The third-order valence-electron chi connectivity index (χ3n) is 7.49. The number of hydrogen-bond acceptors (Lipinski definition) is 7. The number of carbonyl (C=O) groups is 1. The molecule has 0 spiro atoms. The number of hydrazine groups is 1. The minimum atomic E-state index is -1.12. The van der Waals surface area contributed by atoms with Crippen LogP contribution in [-0.2, 0) is 4.79 Å². The normalized spacial score (nSPS) is 21.6. The number of aliphatic carboxylic acids is 1. The average molecular weight is 518 g/mol. The van der Waals surface area contributed by atoms with Crippen molar-refractivity contribution in [3.05, 3.63) is 72.2 Å². The van der Waals surface area contributed by atoms with E-state index in [1.807, 2.05) is 42.5 Å². The van der Waals surface area contributed by atoms with Crippen LogP contribution in [0.25, 0.3) is 11.1 Å². The zero-order valence-corrected chi connectivity index (χ0v) is 22.2. The molecular formula is C30H39N5O3. The zero-order valence-electron chi connectivity index (χ0n) is 22.2. The summed E-state index contributed by atoms with van der Waals surface area (Å²) in [6.45, 7) is 2.17. The first-order valence-electron chi connectivity index (χ1n) is 13.3. The number of carboxylic acids is 1. The molecule has 2 aliphatic rings. The van der Waals surface area contributed by atoms with Gasteiger partial charge in [0.1, 0.15) is 5.75 Å². The summed E-state index contributed by atoms with van der Waals surface area (Å²) in [7, 11) is 1.68. The third-order valence-corrected chi connectivity index (χ3v) is 7.49. The molecular weight excluding hydrogens is 478 g/mol. The Morgan fingerprint density at radius 1 is 1.11 bits per heavy atom. The lowest BCUT2D eigenvalue weighted by molar-refractivity contribution is -0.132. The van der Waals surface area contributed by atoms with Gasteiger partial charge < -0.3 is 26.3 Å². The molecule has 0 radical (unpaired) electrons. The molecule has 0 heterocycles. The molecule has 0 aromatic heterocycles. The Labute approximate surface area is 224 Å². The second-order valence-corrected chi connectivity index (χ2v) is 10.4. The molecule has 2 aliphatic carbocycles. The minimum absolute atomic E-state index is 0.0242. The van der Waals surface area contributed by atoms with Gasteiger partial charge in [-0.3, -0.25) is 4.99 Å². The lowest BCUT2D eigenvalue weighted by atomic mass is 9.86. The molecule has 0 aliphatic heterocycles. The Morgan fingerprint density at radius 3 is 2.45 bits per heavy atom. The molecule has 2 saturated carbocycles. The van der Waals surface area contributed by atoms with Gasteiger partial charge in [-0.2, -0.15) is 0 Å². The molecule has 2 fully saturated rings. The van der Waals surface area contributed by atoms with Crippen molar-refractivity contribution < 1.29 is 14.6 Å². The van der Waals surface area contributed by atoms with Gasteiger partial charge in [-0.05, 0) is 67.5 Å². The lowest BCUT2D eigenvalue weighted by Gasteiger charge is -2.28. The van der Waals surface area contributed by atoms with Crippen molar-refractivity contribution in [2.75, 3.05) is 7.05 Å². The van der Waals surface area contributed by atoms with Gasteiger partial charge in [-0.15, -0.1) is 0 Å². The maximum Gasteiger partial charge on any atom is 0.339 e. The number of benzene rings is 2. The van der Waals surface area contributed by atoms with Gasteiger partial charge in [0.2, 0.25) is 0 Å². The highest BCUT2D eigenvalue weighted by atomic mass is 16.5. The van der Waals surface area contributed by atoms with E-state index in [9.17, 15) is 9.90 Å². The number of nitrogens with zero attached hydrogens (tertiary/aromatic N) is 2. The number of ether oxygens (including phenoxy) is 1. The van der Waals surface area contributed by atoms with E-state index in [4.69, 9.17) is 27.0 Å². The van der Waals surface area contributed by atoms with Crippen LogP contribution in [0.2, 0.25) is 0 Å². The van der Waals surface area contributed by atoms with Crippen LogP contribution in [0.1, 0.15) is 45.4 Å². The van der Waals surface area contributed by atoms with Crippen molar-refractivity contribution in [2.24, 2.45) is 40.1 Å². The fourth-order valence-electron chi connectivity index (χ4n) is 5.36. The van der Waals surface area contributed by atoms with E-state index in [-0.39, 0.29) is 23.5 Å². The Kier molecular flexibility index (Phi) is 8.73. The first-order valence-corrected chi connectivity index (χ1v) is 13.3. The molecule has 2 aromatic rings. The largest absolute Gasteiger partial charge is 0.490 e. The van der Waals surface area contributed by atoms with Crippen molar-refractivity contribution in [2.45, 2.75) is 51.6 Å². The van der Waals surface area contributed by atoms with Crippen molar-refractivity contribution in [1.82, 2.24) is 5.01 Å².